The van der Waals surface area contributed by atoms with E-state index in [1.807, 2.05) is 6.92 Å². The first-order valence-corrected chi connectivity index (χ1v) is 5.97. The van der Waals surface area contributed by atoms with Crippen LogP contribution in [0.2, 0.25) is 5.02 Å². The summed E-state index contributed by atoms with van der Waals surface area (Å²) in [5.74, 6) is -0.0333. The van der Waals surface area contributed by atoms with Crippen molar-refractivity contribution in [3.63, 3.8) is 0 Å². The second kappa shape index (κ2) is 6.48. The Morgan fingerprint density at radius 3 is 2.81 bits per heavy atom. The van der Waals surface area contributed by atoms with Crippen molar-refractivity contribution >= 4 is 17.5 Å². The highest BCUT2D eigenvalue weighted by molar-refractivity contribution is 6.33. The van der Waals surface area contributed by atoms with Gasteiger partial charge >= 0.3 is 0 Å². The first-order chi connectivity index (χ1) is 7.70. The van der Waals surface area contributed by atoms with Crippen LogP contribution in [0.15, 0.2) is 18.5 Å². The molecular weight excluding hydrogens is 224 g/mol. The van der Waals surface area contributed by atoms with Gasteiger partial charge in [-0.15, -0.1) is 0 Å². The molecule has 1 rings (SSSR count). The minimum absolute atomic E-state index is 0.0333. The number of nitrogens with zero attached hydrogens (tertiary/aromatic N) is 2. The van der Waals surface area contributed by atoms with Gasteiger partial charge in [-0.1, -0.05) is 24.9 Å². The number of amides is 1. The van der Waals surface area contributed by atoms with E-state index in [1.54, 1.807) is 17.2 Å². The third-order valence-electron chi connectivity index (χ3n) is 2.45. The molecule has 1 aromatic rings. The van der Waals surface area contributed by atoms with Gasteiger partial charge in [0.1, 0.15) is 0 Å². The van der Waals surface area contributed by atoms with Gasteiger partial charge in [0, 0.05) is 25.5 Å². The number of pyridine rings is 1. The molecule has 1 amide bonds. The van der Waals surface area contributed by atoms with Crippen molar-refractivity contribution in [2.45, 2.75) is 26.7 Å². The minimum atomic E-state index is -0.0333. The van der Waals surface area contributed by atoms with Crippen LogP contribution in [0.4, 0.5) is 0 Å². The third kappa shape index (κ3) is 3.20. The number of hydrogen-bond donors (Lipinski definition) is 0. The van der Waals surface area contributed by atoms with E-state index in [9.17, 15) is 4.79 Å². The van der Waals surface area contributed by atoms with Gasteiger partial charge in [-0.05, 0) is 19.4 Å². The lowest BCUT2D eigenvalue weighted by Crippen LogP contribution is -2.32. The largest absolute Gasteiger partial charge is 0.339 e. The van der Waals surface area contributed by atoms with Crippen molar-refractivity contribution in [1.29, 1.82) is 0 Å². The molecule has 0 N–H and O–H groups in total. The van der Waals surface area contributed by atoms with Crippen LogP contribution in [-0.2, 0) is 0 Å². The fourth-order valence-electron chi connectivity index (χ4n) is 1.46. The second-order valence-electron chi connectivity index (χ2n) is 3.59. The van der Waals surface area contributed by atoms with E-state index in [0.717, 1.165) is 19.4 Å². The summed E-state index contributed by atoms with van der Waals surface area (Å²) in [7, 11) is 0. The van der Waals surface area contributed by atoms with E-state index in [1.165, 1.54) is 6.20 Å². The van der Waals surface area contributed by atoms with Gasteiger partial charge in [-0.3, -0.25) is 9.78 Å². The van der Waals surface area contributed by atoms with Crippen LogP contribution in [0.5, 0.6) is 0 Å². The van der Waals surface area contributed by atoms with Gasteiger partial charge in [0.25, 0.3) is 5.91 Å². The molecule has 16 heavy (non-hydrogen) atoms. The van der Waals surface area contributed by atoms with Crippen LogP contribution in [0.3, 0.4) is 0 Å². The quantitative estimate of drug-likeness (QED) is 0.793. The summed E-state index contributed by atoms with van der Waals surface area (Å²) >= 11 is 5.97. The minimum Gasteiger partial charge on any atom is -0.339 e. The maximum atomic E-state index is 12.1. The third-order valence-corrected chi connectivity index (χ3v) is 2.78. The zero-order chi connectivity index (χ0) is 12.0. The fourth-order valence-corrected chi connectivity index (χ4v) is 1.64. The van der Waals surface area contributed by atoms with Crippen LogP contribution in [0.25, 0.3) is 0 Å². The van der Waals surface area contributed by atoms with Crippen LogP contribution < -0.4 is 0 Å². The van der Waals surface area contributed by atoms with E-state index in [-0.39, 0.29) is 5.91 Å². The Labute approximate surface area is 101 Å². The smallest absolute Gasteiger partial charge is 0.256 e. The van der Waals surface area contributed by atoms with Crippen LogP contribution >= 0.6 is 11.6 Å². The molecule has 4 heteroatoms. The van der Waals surface area contributed by atoms with Gasteiger partial charge in [-0.2, -0.15) is 0 Å². The summed E-state index contributed by atoms with van der Waals surface area (Å²) < 4.78 is 0. The molecule has 0 atom stereocenters. The van der Waals surface area contributed by atoms with Crippen molar-refractivity contribution in [2.24, 2.45) is 0 Å². The summed E-state index contributed by atoms with van der Waals surface area (Å²) in [6.07, 6.45) is 5.20. The zero-order valence-corrected chi connectivity index (χ0v) is 10.5. The molecule has 0 fully saturated rings. The molecule has 0 radical (unpaired) electrons. The topological polar surface area (TPSA) is 33.2 Å². The molecule has 0 aromatic carbocycles. The molecular formula is C12H17ClN2O. The number of rotatable bonds is 5. The number of carbonyl (C=O) groups excluding carboxylic acids is 1. The van der Waals surface area contributed by atoms with E-state index in [2.05, 4.69) is 11.9 Å². The lowest BCUT2D eigenvalue weighted by molar-refractivity contribution is 0.0762. The van der Waals surface area contributed by atoms with Crippen molar-refractivity contribution in [3.8, 4) is 0 Å². The van der Waals surface area contributed by atoms with Gasteiger partial charge in [-0.25, -0.2) is 0 Å². The SMILES string of the molecule is CCCCN(CC)C(=O)c1cnccc1Cl. The fraction of sp³-hybridized carbons (Fsp3) is 0.500. The summed E-state index contributed by atoms with van der Waals surface area (Å²) in [6.45, 7) is 5.55. The molecule has 88 valence electrons. The Hall–Kier alpha value is -1.09. The zero-order valence-electron chi connectivity index (χ0n) is 9.74. The standard InChI is InChI=1S/C12H17ClN2O/c1-3-5-8-15(4-2)12(16)10-9-14-7-6-11(10)13/h6-7,9H,3-5,8H2,1-2H3. The average Bonchev–Trinajstić information content (AvgIpc) is 2.30. The molecule has 0 aliphatic heterocycles. The van der Waals surface area contributed by atoms with Gasteiger partial charge in [0.15, 0.2) is 0 Å². The summed E-state index contributed by atoms with van der Waals surface area (Å²) in [4.78, 5) is 17.8. The summed E-state index contributed by atoms with van der Waals surface area (Å²) in [5, 5.41) is 0.468. The number of halogens is 1. The molecule has 0 bridgehead atoms. The van der Waals surface area contributed by atoms with Gasteiger partial charge in [0.05, 0.1) is 10.6 Å². The Morgan fingerprint density at radius 1 is 1.50 bits per heavy atom. The Morgan fingerprint density at radius 2 is 2.25 bits per heavy atom. The molecule has 0 spiro atoms. The van der Waals surface area contributed by atoms with E-state index in [0.29, 0.717) is 17.1 Å². The maximum absolute atomic E-state index is 12.1. The number of hydrogen-bond acceptors (Lipinski definition) is 2. The normalized spacial score (nSPS) is 10.2. The van der Waals surface area contributed by atoms with E-state index < -0.39 is 0 Å². The van der Waals surface area contributed by atoms with Crippen molar-refractivity contribution < 1.29 is 4.79 Å². The number of carbonyl (C=O) groups is 1. The van der Waals surface area contributed by atoms with Crippen molar-refractivity contribution in [1.82, 2.24) is 9.88 Å². The highest BCUT2D eigenvalue weighted by Gasteiger charge is 2.16. The molecule has 0 saturated carbocycles. The van der Waals surface area contributed by atoms with Crippen LogP contribution in [0, 0.1) is 0 Å². The number of unbranched alkanes of at least 4 members (excludes halogenated alkanes) is 1. The lowest BCUT2D eigenvalue weighted by atomic mass is 10.2. The van der Waals surface area contributed by atoms with Crippen molar-refractivity contribution in [2.75, 3.05) is 13.1 Å². The molecule has 3 nitrogen and oxygen atoms in total. The number of aromatic nitrogens is 1. The highest BCUT2D eigenvalue weighted by Crippen LogP contribution is 2.16. The predicted molar refractivity (Wildman–Crippen MR) is 65.7 cm³/mol. The Bertz CT molecular complexity index is 355. The molecule has 0 unspecified atom stereocenters. The molecule has 0 saturated heterocycles. The van der Waals surface area contributed by atoms with E-state index in [4.69, 9.17) is 11.6 Å². The first-order valence-electron chi connectivity index (χ1n) is 5.59. The van der Waals surface area contributed by atoms with E-state index >= 15 is 0 Å². The molecule has 0 aliphatic rings. The second-order valence-corrected chi connectivity index (χ2v) is 4.00. The first kappa shape index (κ1) is 13.0. The Kier molecular flexibility index (Phi) is 5.26. The monoisotopic (exact) mass is 240 g/mol. The Balaban J connectivity index is 2.79. The van der Waals surface area contributed by atoms with Crippen molar-refractivity contribution in [3.05, 3.63) is 29.0 Å². The van der Waals surface area contributed by atoms with Crippen LogP contribution in [-0.4, -0.2) is 28.9 Å². The maximum Gasteiger partial charge on any atom is 0.256 e. The lowest BCUT2D eigenvalue weighted by Gasteiger charge is -2.20. The average molecular weight is 241 g/mol. The predicted octanol–water partition coefficient (Wildman–Crippen LogP) is 3.00. The molecule has 0 aliphatic carbocycles. The molecule has 1 aromatic heterocycles. The van der Waals surface area contributed by atoms with Gasteiger partial charge in [0.2, 0.25) is 0 Å². The summed E-state index contributed by atoms with van der Waals surface area (Å²) in [5.41, 5.74) is 0.488. The summed E-state index contributed by atoms with van der Waals surface area (Å²) in [6, 6.07) is 1.64. The molecule has 1 heterocycles. The highest BCUT2D eigenvalue weighted by atomic mass is 35.5. The van der Waals surface area contributed by atoms with Crippen LogP contribution in [0.1, 0.15) is 37.0 Å². The van der Waals surface area contributed by atoms with Gasteiger partial charge < -0.3 is 4.90 Å².